The minimum atomic E-state index is -4.70. The Kier molecular flexibility index (Phi) is 5.28. The molecule has 4 aromatic rings. The number of pyridine rings is 1. The van der Waals surface area contributed by atoms with Gasteiger partial charge in [-0.05, 0) is 24.3 Å². The van der Waals surface area contributed by atoms with Crippen molar-refractivity contribution in [3.8, 4) is 0 Å². The van der Waals surface area contributed by atoms with Crippen molar-refractivity contribution in [3.05, 3.63) is 71.9 Å². The van der Waals surface area contributed by atoms with E-state index in [9.17, 15) is 26.4 Å². The van der Waals surface area contributed by atoms with E-state index in [1.54, 1.807) is 11.6 Å². The van der Waals surface area contributed by atoms with Crippen LogP contribution in [0.3, 0.4) is 0 Å². The smallest absolute Gasteiger partial charge is 0.383 e. The molecule has 0 spiro atoms. The third-order valence-electron chi connectivity index (χ3n) is 4.75. The molecule has 0 saturated heterocycles. The monoisotopic (exact) mass is 476 g/mol. The molecule has 0 fully saturated rings. The SMILES string of the molecule is Cn1cc(C(=O)c2cncc(NS(=O)(=O)c3cccc(C(F)(F)F)c3)c2)c2c(N)ncnc21. The molecular formula is C20H15F3N6O3S. The Morgan fingerprint density at radius 2 is 1.91 bits per heavy atom. The van der Waals surface area contributed by atoms with Crippen molar-refractivity contribution in [1.82, 2.24) is 19.5 Å². The molecule has 9 nitrogen and oxygen atoms in total. The number of aryl methyl sites for hydroxylation is 1. The fourth-order valence-electron chi connectivity index (χ4n) is 3.24. The van der Waals surface area contributed by atoms with Crippen LogP contribution in [0.5, 0.6) is 0 Å². The maximum atomic E-state index is 13.1. The standard InChI is InChI=1S/C20H15F3N6O3S/c1-29-9-15(16-18(24)26-10-27-19(16)29)17(30)11-5-13(8-25-7-11)28-33(31,32)14-4-2-3-12(6-14)20(21,22)23/h2-10,28H,1H3,(H2,24,26,27). The Balaban J connectivity index is 1.68. The number of hydrogen-bond donors (Lipinski definition) is 2. The second kappa shape index (κ2) is 7.85. The molecule has 0 aliphatic heterocycles. The summed E-state index contributed by atoms with van der Waals surface area (Å²) in [5.41, 5.74) is 5.33. The van der Waals surface area contributed by atoms with Crippen LogP contribution in [0.1, 0.15) is 21.5 Å². The molecular weight excluding hydrogens is 461 g/mol. The van der Waals surface area contributed by atoms with Crippen LogP contribution < -0.4 is 10.5 Å². The number of nitrogens with one attached hydrogen (secondary N) is 1. The van der Waals surface area contributed by atoms with Crippen LogP contribution in [-0.4, -0.2) is 33.7 Å². The lowest BCUT2D eigenvalue weighted by atomic mass is 10.1. The fraction of sp³-hybridized carbons (Fsp3) is 0.100. The fourth-order valence-corrected chi connectivity index (χ4v) is 4.32. The molecule has 1 aromatic carbocycles. The zero-order valence-electron chi connectivity index (χ0n) is 16.8. The number of rotatable bonds is 5. The second-order valence-electron chi connectivity index (χ2n) is 7.03. The number of carbonyl (C=O) groups is 1. The van der Waals surface area contributed by atoms with Gasteiger partial charge in [0.1, 0.15) is 17.8 Å². The van der Waals surface area contributed by atoms with Gasteiger partial charge in [0, 0.05) is 25.0 Å². The number of halogens is 3. The van der Waals surface area contributed by atoms with E-state index < -0.39 is 32.4 Å². The molecule has 0 atom stereocenters. The summed E-state index contributed by atoms with van der Waals surface area (Å²) in [6.07, 6.45) is 0.420. The van der Waals surface area contributed by atoms with E-state index in [0.717, 1.165) is 24.4 Å². The van der Waals surface area contributed by atoms with Crippen molar-refractivity contribution in [1.29, 1.82) is 0 Å². The van der Waals surface area contributed by atoms with Crippen LogP contribution in [0.4, 0.5) is 24.7 Å². The third-order valence-corrected chi connectivity index (χ3v) is 6.13. The highest BCUT2D eigenvalue weighted by atomic mass is 32.2. The van der Waals surface area contributed by atoms with Crippen LogP contribution in [-0.2, 0) is 23.2 Å². The number of carbonyl (C=O) groups excluding carboxylic acids is 1. The van der Waals surface area contributed by atoms with E-state index >= 15 is 0 Å². The van der Waals surface area contributed by atoms with Gasteiger partial charge in [-0.15, -0.1) is 0 Å². The second-order valence-corrected chi connectivity index (χ2v) is 8.72. The molecule has 3 heterocycles. The van der Waals surface area contributed by atoms with Gasteiger partial charge < -0.3 is 10.3 Å². The summed E-state index contributed by atoms with van der Waals surface area (Å²) >= 11 is 0. The zero-order chi connectivity index (χ0) is 24.0. The van der Waals surface area contributed by atoms with Crippen molar-refractivity contribution < 1.29 is 26.4 Å². The quantitative estimate of drug-likeness (QED) is 0.423. The predicted molar refractivity (Wildman–Crippen MR) is 113 cm³/mol. The minimum absolute atomic E-state index is 0.0231. The molecule has 33 heavy (non-hydrogen) atoms. The maximum absolute atomic E-state index is 13.1. The van der Waals surface area contributed by atoms with Gasteiger partial charge in [0.25, 0.3) is 10.0 Å². The lowest BCUT2D eigenvalue weighted by molar-refractivity contribution is -0.137. The Morgan fingerprint density at radius 3 is 2.64 bits per heavy atom. The normalized spacial score (nSPS) is 12.1. The number of aromatic nitrogens is 4. The molecule has 0 bridgehead atoms. The van der Waals surface area contributed by atoms with Gasteiger partial charge in [0.15, 0.2) is 5.78 Å². The van der Waals surface area contributed by atoms with Gasteiger partial charge in [-0.3, -0.25) is 14.5 Å². The number of benzene rings is 1. The Bertz CT molecular complexity index is 1500. The van der Waals surface area contributed by atoms with Gasteiger partial charge in [-0.1, -0.05) is 6.07 Å². The molecule has 0 aliphatic rings. The number of ketones is 1. The Hall–Kier alpha value is -4.00. The van der Waals surface area contributed by atoms with Crippen molar-refractivity contribution in [2.45, 2.75) is 11.1 Å². The topological polar surface area (TPSA) is 133 Å². The van der Waals surface area contributed by atoms with E-state index in [1.165, 1.54) is 24.8 Å². The number of hydrogen-bond acceptors (Lipinski definition) is 7. The summed E-state index contributed by atoms with van der Waals surface area (Å²) in [6, 6.07) is 4.52. The lowest BCUT2D eigenvalue weighted by Gasteiger charge is -2.11. The molecule has 4 rings (SSSR count). The molecule has 0 amide bonds. The molecule has 0 radical (unpaired) electrons. The van der Waals surface area contributed by atoms with Crippen LogP contribution in [0.2, 0.25) is 0 Å². The lowest BCUT2D eigenvalue weighted by Crippen LogP contribution is -2.15. The van der Waals surface area contributed by atoms with E-state index in [2.05, 4.69) is 19.7 Å². The first-order valence-electron chi connectivity index (χ1n) is 9.23. The van der Waals surface area contributed by atoms with Crippen LogP contribution in [0, 0.1) is 0 Å². The summed E-state index contributed by atoms with van der Waals surface area (Å²) in [5.74, 6) is -0.423. The van der Waals surface area contributed by atoms with E-state index in [-0.39, 0.29) is 22.6 Å². The molecule has 3 N–H and O–H groups in total. The van der Waals surface area contributed by atoms with Gasteiger partial charge in [-0.2, -0.15) is 13.2 Å². The minimum Gasteiger partial charge on any atom is -0.383 e. The van der Waals surface area contributed by atoms with E-state index in [0.29, 0.717) is 17.1 Å². The highest BCUT2D eigenvalue weighted by Gasteiger charge is 2.31. The van der Waals surface area contributed by atoms with Crippen molar-refractivity contribution >= 4 is 38.3 Å². The number of alkyl halides is 3. The van der Waals surface area contributed by atoms with Gasteiger partial charge in [-0.25, -0.2) is 18.4 Å². The van der Waals surface area contributed by atoms with Crippen molar-refractivity contribution in [2.75, 3.05) is 10.5 Å². The molecule has 170 valence electrons. The predicted octanol–water partition coefficient (Wildman–Crippen LogP) is 3.00. The van der Waals surface area contributed by atoms with Gasteiger partial charge >= 0.3 is 6.18 Å². The molecule has 13 heteroatoms. The first-order chi connectivity index (χ1) is 15.5. The maximum Gasteiger partial charge on any atom is 0.416 e. The van der Waals surface area contributed by atoms with Crippen LogP contribution in [0.15, 0.2) is 60.1 Å². The molecule has 0 aliphatic carbocycles. The number of nitrogens with two attached hydrogens (primary N) is 1. The third kappa shape index (κ3) is 4.22. The molecule has 0 saturated carbocycles. The summed E-state index contributed by atoms with van der Waals surface area (Å²) < 4.78 is 67.8. The van der Waals surface area contributed by atoms with Crippen molar-refractivity contribution in [2.24, 2.45) is 7.05 Å². The highest BCUT2D eigenvalue weighted by Crippen LogP contribution is 2.31. The average Bonchev–Trinajstić information content (AvgIpc) is 3.10. The van der Waals surface area contributed by atoms with Crippen molar-refractivity contribution in [3.63, 3.8) is 0 Å². The summed E-state index contributed by atoms with van der Waals surface area (Å²) in [5, 5.41) is 0.333. The Labute approximate surface area is 185 Å². The number of nitrogens with zero attached hydrogens (tertiary/aromatic N) is 4. The molecule has 3 aromatic heterocycles. The first-order valence-corrected chi connectivity index (χ1v) is 10.7. The van der Waals surface area contributed by atoms with Crippen LogP contribution >= 0.6 is 0 Å². The van der Waals surface area contributed by atoms with E-state index in [1.807, 2.05) is 0 Å². The van der Waals surface area contributed by atoms with Gasteiger partial charge in [0.05, 0.1) is 33.3 Å². The van der Waals surface area contributed by atoms with Gasteiger partial charge in [0.2, 0.25) is 0 Å². The number of sulfonamides is 1. The summed E-state index contributed by atoms with van der Waals surface area (Å²) in [6.45, 7) is 0. The highest BCUT2D eigenvalue weighted by molar-refractivity contribution is 7.92. The summed E-state index contributed by atoms with van der Waals surface area (Å²) in [7, 11) is -2.72. The average molecular weight is 476 g/mol. The first kappa shape index (κ1) is 22.2. The van der Waals surface area contributed by atoms with Crippen LogP contribution in [0.25, 0.3) is 11.0 Å². The Morgan fingerprint density at radius 1 is 1.15 bits per heavy atom. The van der Waals surface area contributed by atoms with E-state index in [4.69, 9.17) is 5.73 Å². The number of nitrogen functional groups attached to an aromatic ring is 1. The largest absolute Gasteiger partial charge is 0.416 e. The number of anilines is 2. The molecule has 0 unspecified atom stereocenters. The number of fused-ring (bicyclic) bond motifs is 1. The summed E-state index contributed by atoms with van der Waals surface area (Å²) in [4.78, 5) is 24.4. The zero-order valence-corrected chi connectivity index (χ0v) is 17.6.